The monoisotopic (exact) mass is 270 g/mol. The van der Waals surface area contributed by atoms with Crippen LogP contribution in [0.5, 0.6) is 0 Å². The van der Waals surface area contributed by atoms with E-state index in [0.29, 0.717) is 0 Å². The number of aromatic nitrogens is 2. The van der Waals surface area contributed by atoms with Crippen LogP contribution in [0, 0.1) is 13.8 Å². The molecule has 1 heterocycles. The Labute approximate surface area is 120 Å². The van der Waals surface area contributed by atoms with E-state index in [4.69, 9.17) is 0 Å². The van der Waals surface area contributed by atoms with Crippen LogP contribution in [-0.4, -0.2) is 23.6 Å². The Balaban J connectivity index is 2.34. The van der Waals surface area contributed by atoms with Gasteiger partial charge in [0.15, 0.2) is 0 Å². The van der Waals surface area contributed by atoms with Gasteiger partial charge in [-0.05, 0) is 26.3 Å². The van der Waals surface area contributed by atoms with Crippen molar-refractivity contribution in [2.45, 2.75) is 27.3 Å². The van der Waals surface area contributed by atoms with E-state index < -0.39 is 0 Å². The molecule has 4 heteroatoms. The van der Waals surface area contributed by atoms with Gasteiger partial charge < -0.3 is 10.2 Å². The van der Waals surface area contributed by atoms with Gasteiger partial charge in [-0.3, -0.25) is 0 Å². The van der Waals surface area contributed by atoms with Crippen LogP contribution in [0.4, 0.5) is 11.6 Å². The molecule has 1 aromatic carbocycles. The molecule has 0 fully saturated rings. The molecule has 0 aliphatic carbocycles. The average molecular weight is 270 g/mol. The summed E-state index contributed by atoms with van der Waals surface area (Å²) in [5.74, 6) is 2.70. The third-order valence-corrected chi connectivity index (χ3v) is 3.37. The predicted octanol–water partition coefficient (Wildman–Crippen LogP) is 3.16. The molecule has 2 aromatic rings. The molecule has 4 nitrogen and oxygen atoms in total. The van der Waals surface area contributed by atoms with Crippen molar-refractivity contribution in [2.75, 3.05) is 23.8 Å². The van der Waals surface area contributed by atoms with Gasteiger partial charge in [-0.2, -0.15) is 0 Å². The van der Waals surface area contributed by atoms with Crippen molar-refractivity contribution < 1.29 is 0 Å². The summed E-state index contributed by atoms with van der Waals surface area (Å²) in [5, 5.41) is 3.14. The molecule has 0 unspecified atom stereocenters. The SMILES string of the molecule is CCN(Cc1ccccc1)c1nc(C)nc(NC)c1C. The van der Waals surface area contributed by atoms with Gasteiger partial charge >= 0.3 is 0 Å². The van der Waals surface area contributed by atoms with Gasteiger partial charge in [0.25, 0.3) is 0 Å². The second-order valence-corrected chi connectivity index (χ2v) is 4.82. The summed E-state index contributed by atoms with van der Waals surface area (Å²) in [5.41, 5.74) is 2.38. The van der Waals surface area contributed by atoms with Crippen molar-refractivity contribution in [2.24, 2.45) is 0 Å². The fourth-order valence-electron chi connectivity index (χ4n) is 2.31. The Hall–Kier alpha value is -2.10. The maximum atomic E-state index is 4.62. The first-order chi connectivity index (χ1) is 9.65. The molecule has 0 aliphatic heterocycles. The van der Waals surface area contributed by atoms with Gasteiger partial charge in [0.1, 0.15) is 17.5 Å². The Morgan fingerprint density at radius 3 is 2.40 bits per heavy atom. The maximum absolute atomic E-state index is 4.62. The van der Waals surface area contributed by atoms with E-state index in [1.807, 2.05) is 20.0 Å². The first-order valence-corrected chi connectivity index (χ1v) is 6.97. The summed E-state index contributed by atoms with van der Waals surface area (Å²) >= 11 is 0. The van der Waals surface area contributed by atoms with Crippen LogP contribution in [0.25, 0.3) is 0 Å². The summed E-state index contributed by atoms with van der Waals surface area (Å²) in [6, 6.07) is 10.5. The summed E-state index contributed by atoms with van der Waals surface area (Å²) in [6.45, 7) is 7.92. The van der Waals surface area contributed by atoms with Crippen LogP contribution >= 0.6 is 0 Å². The van der Waals surface area contributed by atoms with Gasteiger partial charge in [-0.1, -0.05) is 30.3 Å². The lowest BCUT2D eigenvalue weighted by Gasteiger charge is -2.25. The van der Waals surface area contributed by atoms with Crippen LogP contribution in [0.15, 0.2) is 30.3 Å². The van der Waals surface area contributed by atoms with Crippen LogP contribution < -0.4 is 10.2 Å². The van der Waals surface area contributed by atoms with E-state index in [1.165, 1.54) is 5.56 Å². The molecule has 1 N–H and O–H groups in total. The van der Waals surface area contributed by atoms with Crippen LogP contribution in [0.2, 0.25) is 0 Å². The molecule has 20 heavy (non-hydrogen) atoms. The Morgan fingerprint density at radius 2 is 1.80 bits per heavy atom. The molecular weight excluding hydrogens is 248 g/mol. The van der Waals surface area contributed by atoms with Crippen molar-refractivity contribution in [3.05, 3.63) is 47.3 Å². The highest BCUT2D eigenvalue weighted by Crippen LogP contribution is 2.24. The predicted molar refractivity (Wildman–Crippen MR) is 84.2 cm³/mol. The smallest absolute Gasteiger partial charge is 0.137 e. The Bertz CT molecular complexity index is 566. The van der Waals surface area contributed by atoms with Gasteiger partial charge in [0.2, 0.25) is 0 Å². The lowest BCUT2D eigenvalue weighted by Crippen LogP contribution is -2.25. The zero-order valence-corrected chi connectivity index (χ0v) is 12.6. The topological polar surface area (TPSA) is 41.1 Å². The first kappa shape index (κ1) is 14.3. The number of nitrogens with zero attached hydrogens (tertiary/aromatic N) is 3. The minimum atomic E-state index is 0.793. The van der Waals surface area contributed by atoms with Crippen molar-refractivity contribution in [1.29, 1.82) is 0 Å². The quantitative estimate of drug-likeness (QED) is 0.906. The largest absolute Gasteiger partial charge is 0.373 e. The summed E-state index contributed by atoms with van der Waals surface area (Å²) in [4.78, 5) is 11.3. The number of benzene rings is 1. The number of aryl methyl sites for hydroxylation is 1. The molecule has 2 rings (SSSR count). The molecule has 0 radical (unpaired) electrons. The number of anilines is 2. The maximum Gasteiger partial charge on any atom is 0.137 e. The van der Waals surface area contributed by atoms with E-state index in [2.05, 4.69) is 58.3 Å². The Morgan fingerprint density at radius 1 is 1.10 bits per heavy atom. The summed E-state index contributed by atoms with van der Waals surface area (Å²) < 4.78 is 0. The molecule has 106 valence electrons. The van der Waals surface area contributed by atoms with Crippen molar-refractivity contribution >= 4 is 11.6 Å². The molecule has 0 amide bonds. The van der Waals surface area contributed by atoms with Gasteiger partial charge in [-0.25, -0.2) is 9.97 Å². The van der Waals surface area contributed by atoms with E-state index in [9.17, 15) is 0 Å². The van der Waals surface area contributed by atoms with E-state index >= 15 is 0 Å². The van der Waals surface area contributed by atoms with Crippen molar-refractivity contribution in [3.63, 3.8) is 0 Å². The second kappa shape index (κ2) is 6.37. The lowest BCUT2D eigenvalue weighted by atomic mass is 10.2. The van der Waals surface area contributed by atoms with E-state index in [-0.39, 0.29) is 0 Å². The zero-order valence-electron chi connectivity index (χ0n) is 12.6. The molecule has 0 bridgehead atoms. The molecule has 0 aliphatic rings. The molecule has 0 saturated heterocycles. The highest BCUT2D eigenvalue weighted by atomic mass is 15.2. The third-order valence-electron chi connectivity index (χ3n) is 3.37. The van der Waals surface area contributed by atoms with E-state index in [1.54, 1.807) is 0 Å². The highest BCUT2D eigenvalue weighted by molar-refractivity contribution is 5.58. The van der Waals surface area contributed by atoms with Gasteiger partial charge in [0.05, 0.1) is 0 Å². The normalized spacial score (nSPS) is 10.4. The third kappa shape index (κ3) is 3.07. The molecular formula is C16H22N4. The minimum absolute atomic E-state index is 0.793. The molecule has 0 spiro atoms. The number of hydrogen-bond donors (Lipinski definition) is 1. The van der Waals surface area contributed by atoms with Crippen molar-refractivity contribution in [1.82, 2.24) is 9.97 Å². The number of hydrogen-bond acceptors (Lipinski definition) is 4. The van der Waals surface area contributed by atoms with Crippen molar-refractivity contribution in [3.8, 4) is 0 Å². The average Bonchev–Trinajstić information content (AvgIpc) is 2.48. The van der Waals surface area contributed by atoms with Crippen LogP contribution in [-0.2, 0) is 6.54 Å². The molecule has 1 aromatic heterocycles. The summed E-state index contributed by atoms with van der Waals surface area (Å²) in [6.07, 6.45) is 0. The zero-order chi connectivity index (χ0) is 14.5. The lowest BCUT2D eigenvalue weighted by molar-refractivity contribution is 0.799. The van der Waals surface area contributed by atoms with Gasteiger partial charge in [-0.15, -0.1) is 0 Å². The van der Waals surface area contributed by atoms with Crippen LogP contribution in [0.1, 0.15) is 23.9 Å². The fourth-order valence-corrected chi connectivity index (χ4v) is 2.31. The van der Waals surface area contributed by atoms with Crippen LogP contribution in [0.3, 0.4) is 0 Å². The van der Waals surface area contributed by atoms with Gasteiger partial charge in [0, 0.05) is 25.7 Å². The standard InChI is InChI=1S/C16H22N4/c1-5-20(11-14-9-7-6-8-10-14)16-12(2)15(17-4)18-13(3)19-16/h6-10H,5,11H2,1-4H3,(H,17,18,19). The molecule has 0 atom stereocenters. The van der Waals surface area contributed by atoms with E-state index in [0.717, 1.165) is 36.1 Å². The Kier molecular flexibility index (Phi) is 4.56. The fraction of sp³-hybridized carbons (Fsp3) is 0.375. The number of rotatable bonds is 5. The summed E-state index contributed by atoms with van der Waals surface area (Å²) in [7, 11) is 1.89. The molecule has 0 saturated carbocycles. The second-order valence-electron chi connectivity index (χ2n) is 4.82. The number of nitrogens with one attached hydrogen (secondary N) is 1. The first-order valence-electron chi connectivity index (χ1n) is 6.97. The minimum Gasteiger partial charge on any atom is -0.373 e. The highest BCUT2D eigenvalue weighted by Gasteiger charge is 2.14.